The summed E-state index contributed by atoms with van der Waals surface area (Å²) in [6, 6.07) is 11.9. The van der Waals surface area contributed by atoms with E-state index in [1.165, 1.54) is 12.1 Å². The van der Waals surface area contributed by atoms with E-state index in [2.05, 4.69) is 15.9 Å². The van der Waals surface area contributed by atoms with E-state index < -0.39 is 6.04 Å². The minimum absolute atomic E-state index is 0.297. The second-order valence-corrected chi connectivity index (χ2v) is 5.59. The van der Waals surface area contributed by atoms with Crippen molar-refractivity contribution in [3.05, 3.63) is 69.6 Å². The van der Waals surface area contributed by atoms with Gasteiger partial charge in [-0.25, -0.2) is 4.39 Å². The Hall–Kier alpha value is -1.65. The lowest BCUT2D eigenvalue weighted by atomic mass is 10.0. The zero-order valence-electron chi connectivity index (χ0n) is 10.9. The average molecular weight is 334 g/mol. The highest BCUT2D eigenvalue weighted by atomic mass is 79.9. The van der Waals surface area contributed by atoms with Crippen LogP contribution in [0.15, 0.2) is 51.4 Å². The van der Waals surface area contributed by atoms with E-state index >= 15 is 0 Å². The summed E-state index contributed by atoms with van der Waals surface area (Å²) in [5.41, 5.74) is 8.92. The maximum atomic E-state index is 13.2. The van der Waals surface area contributed by atoms with Crippen LogP contribution in [0.5, 0.6) is 0 Å². The van der Waals surface area contributed by atoms with Gasteiger partial charge in [0, 0.05) is 15.4 Å². The van der Waals surface area contributed by atoms with E-state index in [1.807, 2.05) is 31.2 Å². The number of benzene rings is 2. The molecular weight excluding hydrogens is 321 g/mol. The van der Waals surface area contributed by atoms with Crippen molar-refractivity contribution >= 4 is 26.9 Å². The highest BCUT2D eigenvalue weighted by Crippen LogP contribution is 2.34. The molecule has 1 unspecified atom stereocenters. The molecule has 102 valence electrons. The van der Waals surface area contributed by atoms with Gasteiger partial charge in [-0.3, -0.25) is 0 Å². The summed E-state index contributed by atoms with van der Waals surface area (Å²) in [6.45, 7) is 1.98. The summed E-state index contributed by atoms with van der Waals surface area (Å²) in [4.78, 5) is 0. The largest absolute Gasteiger partial charge is 0.459 e. The SMILES string of the molecule is Cc1c(C(N)c2ccc(F)cc2Br)oc2ccccc12. The van der Waals surface area contributed by atoms with Gasteiger partial charge in [-0.1, -0.05) is 40.2 Å². The Bertz CT molecular complexity index is 781. The van der Waals surface area contributed by atoms with Crippen LogP contribution in [0.25, 0.3) is 11.0 Å². The average Bonchev–Trinajstić information content (AvgIpc) is 2.76. The van der Waals surface area contributed by atoms with E-state index in [9.17, 15) is 4.39 Å². The fourth-order valence-corrected chi connectivity index (χ4v) is 2.98. The molecule has 0 bridgehead atoms. The highest BCUT2D eigenvalue weighted by molar-refractivity contribution is 9.10. The van der Waals surface area contributed by atoms with Crippen molar-refractivity contribution in [2.24, 2.45) is 5.73 Å². The lowest BCUT2D eigenvalue weighted by Gasteiger charge is -2.12. The number of aryl methyl sites for hydroxylation is 1. The fraction of sp³-hybridized carbons (Fsp3) is 0.125. The Morgan fingerprint density at radius 2 is 1.95 bits per heavy atom. The van der Waals surface area contributed by atoms with Crippen molar-refractivity contribution in [3.63, 3.8) is 0 Å². The maximum absolute atomic E-state index is 13.2. The standard InChI is InChI=1S/C16H13BrFNO/c1-9-11-4-2-3-5-14(11)20-16(9)15(19)12-7-6-10(18)8-13(12)17/h2-8,15H,19H2,1H3. The number of rotatable bonds is 2. The van der Waals surface area contributed by atoms with Gasteiger partial charge in [0.1, 0.15) is 17.2 Å². The molecule has 1 aromatic heterocycles. The lowest BCUT2D eigenvalue weighted by Crippen LogP contribution is -2.12. The highest BCUT2D eigenvalue weighted by Gasteiger charge is 2.20. The smallest absolute Gasteiger partial charge is 0.134 e. The number of para-hydroxylation sites is 1. The molecule has 0 aliphatic rings. The van der Waals surface area contributed by atoms with Crippen molar-refractivity contribution in [2.75, 3.05) is 0 Å². The van der Waals surface area contributed by atoms with Crippen LogP contribution in [0.3, 0.4) is 0 Å². The van der Waals surface area contributed by atoms with Crippen molar-refractivity contribution in [2.45, 2.75) is 13.0 Å². The molecule has 20 heavy (non-hydrogen) atoms. The Kier molecular flexibility index (Phi) is 3.36. The molecule has 0 saturated carbocycles. The van der Waals surface area contributed by atoms with E-state index in [1.54, 1.807) is 6.07 Å². The van der Waals surface area contributed by atoms with Crippen LogP contribution < -0.4 is 5.73 Å². The van der Waals surface area contributed by atoms with Gasteiger partial charge in [-0.2, -0.15) is 0 Å². The molecule has 0 aliphatic carbocycles. The topological polar surface area (TPSA) is 39.2 Å². The first-order chi connectivity index (χ1) is 9.58. The van der Waals surface area contributed by atoms with E-state index in [4.69, 9.17) is 10.2 Å². The third kappa shape index (κ3) is 2.15. The summed E-state index contributed by atoms with van der Waals surface area (Å²) < 4.78 is 19.7. The summed E-state index contributed by atoms with van der Waals surface area (Å²) >= 11 is 3.35. The molecule has 0 spiro atoms. The van der Waals surface area contributed by atoms with Crippen molar-refractivity contribution in [1.29, 1.82) is 0 Å². The normalized spacial score (nSPS) is 12.8. The fourth-order valence-electron chi connectivity index (χ4n) is 2.38. The van der Waals surface area contributed by atoms with Gasteiger partial charge in [0.25, 0.3) is 0 Å². The molecule has 0 radical (unpaired) electrons. The molecular formula is C16H13BrFNO. The van der Waals surface area contributed by atoms with Gasteiger partial charge in [0.15, 0.2) is 0 Å². The predicted molar refractivity (Wildman–Crippen MR) is 81.1 cm³/mol. The molecule has 4 heteroatoms. The molecule has 3 rings (SSSR count). The van der Waals surface area contributed by atoms with Gasteiger partial charge in [0.2, 0.25) is 0 Å². The number of hydrogen-bond acceptors (Lipinski definition) is 2. The minimum atomic E-state index is -0.433. The molecule has 0 saturated heterocycles. The summed E-state index contributed by atoms with van der Waals surface area (Å²) in [5.74, 6) is 0.410. The number of hydrogen-bond donors (Lipinski definition) is 1. The lowest BCUT2D eigenvalue weighted by molar-refractivity contribution is 0.520. The second kappa shape index (κ2) is 5.04. The zero-order valence-corrected chi connectivity index (χ0v) is 12.4. The number of nitrogens with two attached hydrogens (primary N) is 1. The van der Waals surface area contributed by atoms with E-state index in [0.717, 1.165) is 22.1 Å². The van der Waals surface area contributed by atoms with Gasteiger partial charge in [-0.05, 0) is 30.7 Å². The van der Waals surface area contributed by atoms with Gasteiger partial charge >= 0.3 is 0 Å². The van der Waals surface area contributed by atoms with E-state index in [-0.39, 0.29) is 5.82 Å². The zero-order chi connectivity index (χ0) is 14.3. The summed E-state index contributed by atoms with van der Waals surface area (Å²) in [5, 5.41) is 1.05. The van der Waals surface area contributed by atoms with Gasteiger partial charge in [0.05, 0.1) is 6.04 Å². The quantitative estimate of drug-likeness (QED) is 0.738. The van der Waals surface area contributed by atoms with Crippen LogP contribution in [0, 0.1) is 12.7 Å². The Morgan fingerprint density at radius 3 is 2.65 bits per heavy atom. The van der Waals surface area contributed by atoms with Crippen LogP contribution in [-0.4, -0.2) is 0 Å². The molecule has 0 amide bonds. The second-order valence-electron chi connectivity index (χ2n) is 4.73. The first-order valence-electron chi connectivity index (χ1n) is 6.26. The van der Waals surface area contributed by atoms with Crippen LogP contribution in [0.2, 0.25) is 0 Å². The van der Waals surface area contributed by atoms with Crippen molar-refractivity contribution in [1.82, 2.24) is 0 Å². The van der Waals surface area contributed by atoms with Gasteiger partial charge in [-0.15, -0.1) is 0 Å². The Labute approximate surface area is 124 Å². The van der Waals surface area contributed by atoms with Crippen molar-refractivity contribution < 1.29 is 8.81 Å². The molecule has 0 fully saturated rings. The minimum Gasteiger partial charge on any atom is -0.459 e. The van der Waals surface area contributed by atoms with Crippen molar-refractivity contribution in [3.8, 4) is 0 Å². The molecule has 1 atom stereocenters. The third-order valence-corrected chi connectivity index (χ3v) is 4.15. The molecule has 2 N–H and O–H groups in total. The molecule has 2 aromatic carbocycles. The molecule has 0 aliphatic heterocycles. The van der Waals surface area contributed by atoms with E-state index in [0.29, 0.717) is 10.2 Å². The number of fused-ring (bicyclic) bond motifs is 1. The predicted octanol–water partition coefficient (Wildman–Crippen LogP) is 4.69. The number of furan rings is 1. The Morgan fingerprint density at radius 1 is 1.20 bits per heavy atom. The van der Waals surface area contributed by atoms with Crippen LogP contribution in [-0.2, 0) is 0 Å². The third-order valence-electron chi connectivity index (χ3n) is 3.46. The van der Waals surface area contributed by atoms with Crippen LogP contribution in [0.1, 0.15) is 22.9 Å². The summed E-state index contributed by atoms with van der Waals surface area (Å²) in [6.07, 6.45) is 0. The maximum Gasteiger partial charge on any atom is 0.134 e. The first kappa shape index (κ1) is 13.3. The molecule has 3 aromatic rings. The monoisotopic (exact) mass is 333 g/mol. The summed E-state index contributed by atoms with van der Waals surface area (Å²) in [7, 11) is 0. The van der Waals surface area contributed by atoms with Crippen LogP contribution >= 0.6 is 15.9 Å². The van der Waals surface area contributed by atoms with Gasteiger partial charge < -0.3 is 10.2 Å². The Balaban J connectivity index is 2.12. The number of halogens is 2. The molecule has 2 nitrogen and oxygen atoms in total. The van der Waals surface area contributed by atoms with Crippen LogP contribution in [0.4, 0.5) is 4.39 Å². The first-order valence-corrected chi connectivity index (χ1v) is 7.06. The molecule has 1 heterocycles.